The van der Waals surface area contributed by atoms with E-state index in [-0.39, 0.29) is 6.10 Å². The Morgan fingerprint density at radius 1 is 1.10 bits per heavy atom. The topological polar surface area (TPSA) is 57.5 Å². The van der Waals surface area contributed by atoms with Gasteiger partial charge in [-0.1, -0.05) is 6.92 Å². The van der Waals surface area contributed by atoms with Crippen molar-refractivity contribution in [1.82, 2.24) is 0 Å². The highest BCUT2D eigenvalue weighted by Crippen LogP contribution is 2.61. The highest BCUT2D eigenvalue weighted by molar-refractivity contribution is 5.74. The SMILES string of the molecule is C[C@]1(C(=O)O)CC[C@H]2[C@@H](CC[C@@H]3C[C@@H](O)CC[C@@]32C)C1. The molecule has 114 valence electrons. The average molecular weight is 280 g/mol. The van der Waals surface area contributed by atoms with Crippen LogP contribution in [0, 0.1) is 28.6 Å². The smallest absolute Gasteiger partial charge is 0.309 e. The molecule has 3 aliphatic rings. The minimum atomic E-state index is -0.609. The molecular formula is C17H28O3. The van der Waals surface area contributed by atoms with Crippen molar-refractivity contribution in [2.75, 3.05) is 0 Å². The van der Waals surface area contributed by atoms with E-state index in [9.17, 15) is 15.0 Å². The van der Waals surface area contributed by atoms with Crippen molar-refractivity contribution >= 4 is 5.97 Å². The molecule has 0 spiro atoms. The minimum absolute atomic E-state index is 0.0995. The lowest BCUT2D eigenvalue weighted by molar-refractivity contribution is -0.157. The molecule has 6 atom stereocenters. The molecule has 3 aliphatic carbocycles. The molecule has 3 fully saturated rings. The van der Waals surface area contributed by atoms with Crippen molar-refractivity contribution in [1.29, 1.82) is 0 Å². The number of rotatable bonds is 1. The fraction of sp³-hybridized carbons (Fsp3) is 0.941. The maximum absolute atomic E-state index is 11.5. The molecule has 0 bridgehead atoms. The molecule has 0 aromatic rings. The lowest BCUT2D eigenvalue weighted by Crippen LogP contribution is -2.51. The molecule has 2 N–H and O–H groups in total. The molecule has 3 rings (SSSR count). The van der Waals surface area contributed by atoms with Crippen LogP contribution in [0.25, 0.3) is 0 Å². The van der Waals surface area contributed by atoms with E-state index in [1.54, 1.807) is 0 Å². The third-order valence-corrected chi connectivity index (χ3v) is 7.04. The van der Waals surface area contributed by atoms with Crippen LogP contribution in [-0.4, -0.2) is 22.3 Å². The summed E-state index contributed by atoms with van der Waals surface area (Å²) >= 11 is 0. The summed E-state index contributed by atoms with van der Waals surface area (Å²) in [4.78, 5) is 11.5. The number of aliphatic hydroxyl groups is 1. The van der Waals surface area contributed by atoms with E-state index >= 15 is 0 Å². The van der Waals surface area contributed by atoms with Gasteiger partial charge in [0.15, 0.2) is 0 Å². The summed E-state index contributed by atoms with van der Waals surface area (Å²) < 4.78 is 0. The standard InChI is InChI=1S/C17H28O3/c1-16(15(19)20)7-6-14-11(10-16)3-4-12-9-13(18)5-8-17(12,14)2/h11-14,18H,3-10H2,1-2H3,(H,19,20)/t11-,12+,13-,14-,16-,17-/m0/s1. The predicted molar refractivity (Wildman–Crippen MR) is 77.3 cm³/mol. The summed E-state index contributed by atoms with van der Waals surface area (Å²) in [5.74, 6) is 1.31. The molecule has 20 heavy (non-hydrogen) atoms. The summed E-state index contributed by atoms with van der Waals surface area (Å²) in [6, 6.07) is 0. The quantitative estimate of drug-likeness (QED) is 0.773. The van der Waals surface area contributed by atoms with Crippen molar-refractivity contribution in [3.8, 4) is 0 Å². The van der Waals surface area contributed by atoms with Crippen LogP contribution in [-0.2, 0) is 4.79 Å². The van der Waals surface area contributed by atoms with Crippen LogP contribution in [0.5, 0.6) is 0 Å². The maximum Gasteiger partial charge on any atom is 0.309 e. The van der Waals surface area contributed by atoms with Gasteiger partial charge in [-0.15, -0.1) is 0 Å². The number of aliphatic hydroxyl groups excluding tert-OH is 1. The van der Waals surface area contributed by atoms with Crippen LogP contribution in [0.3, 0.4) is 0 Å². The Labute approximate surface area is 121 Å². The van der Waals surface area contributed by atoms with Crippen LogP contribution in [0.15, 0.2) is 0 Å². The zero-order valence-corrected chi connectivity index (χ0v) is 12.8. The summed E-state index contributed by atoms with van der Waals surface area (Å²) in [6.07, 6.45) is 8.04. The molecule has 0 unspecified atom stereocenters. The largest absolute Gasteiger partial charge is 0.481 e. The normalized spacial score (nSPS) is 52.0. The van der Waals surface area contributed by atoms with Gasteiger partial charge in [0.2, 0.25) is 0 Å². The Morgan fingerprint density at radius 3 is 2.55 bits per heavy atom. The van der Waals surface area contributed by atoms with E-state index < -0.39 is 11.4 Å². The van der Waals surface area contributed by atoms with Gasteiger partial charge < -0.3 is 10.2 Å². The van der Waals surface area contributed by atoms with E-state index in [2.05, 4.69) is 6.92 Å². The van der Waals surface area contributed by atoms with Crippen LogP contribution >= 0.6 is 0 Å². The lowest BCUT2D eigenvalue weighted by Gasteiger charge is -2.58. The summed E-state index contributed by atoms with van der Waals surface area (Å²) in [7, 11) is 0. The minimum Gasteiger partial charge on any atom is -0.481 e. The van der Waals surface area contributed by atoms with Gasteiger partial charge in [0.25, 0.3) is 0 Å². The van der Waals surface area contributed by atoms with Crippen LogP contribution in [0.1, 0.15) is 65.2 Å². The first-order chi connectivity index (χ1) is 9.35. The molecule has 0 saturated heterocycles. The van der Waals surface area contributed by atoms with Crippen molar-refractivity contribution in [2.45, 2.75) is 71.3 Å². The zero-order valence-electron chi connectivity index (χ0n) is 12.8. The van der Waals surface area contributed by atoms with E-state index in [0.717, 1.165) is 38.5 Å². The number of hydrogen-bond acceptors (Lipinski definition) is 2. The molecule has 3 nitrogen and oxygen atoms in total. The monoisotopic (exact) mass is 280 g/mol. The second-order valence-corrected chi connectivity index (χ2v) is 8.18. The van der Waals surface area contributed by atoms with Gasteiger partial charge in [-0.25, -0.2) is 0 Å². The third kappa shape index (κ3) is 2.09. The summed E-state index contributed by atoms with van der Waals surface area (Å²) in [6.45, 7) is 4.36. The lowest BCUT2D eigenvalue weighted by atomic mass is 9.47. The number of hydrogen-bond donors (Lipinski definition) is 2. The molecule has 0 heterocycles. The van der Waals surface area contributed by atoms with Crippen LogP contribution in [0.4, 0.5) is 0 Å². The number of carboxylic acid groups (broad SMARTS) is 1. The highest BCUT2D eigenvalue weighted by atomic mass is 16.4. The second-order valence-electron chi connectivity index (χ2n) is 8.18. The highest BCUT2D eigenvalue weighted by Gasteiger charge is 2.54. The van der Waals surface area contributed by atoms with E-state index in [0.29, 0.717) is 23.2 Å². The van der Waals surface area contributed by atoms with Crippen molar-refractivity contribution in [3.05, 3.63) is 0 Å². The van der Waals surface area contributed by atoms with E-state index in [1.807, 2.05) is 6.92 Å². The number of carbonyl (C=O) groups is 1. The molecular weight excluding hydrogens is 252 g/mol. The van der Waals surface area contributed by atoms with E-state index in [1.165, 1.54) is 12.8 Å². The van der Waals surface area contributed by atoms with Gasteiger partial charge in [-0.05, 0) is 81.5 Å². The molecule has 0 amide bonds. The van der Waals surface area contributed by atoms with Gasteiger partial charge in [-0.2, -0.15) is 0 Å². The van der Waals surface area contributed by atoms with E-state index in [4.69, 9.17) is 0 Å². The second kappa shape index (κ2) is 4.72. The Morgan fingerprint density at radius 2 is 1.85 bits per heavy atom. The van der Waals surface area contributed by atoms with Crippen LogP contribution in [0.2, 0.25) is 0 Å². The number of aliphatic carboxylic acids is 1. The number of fused-ring (bicyclic) bond motifs is 3. The van der Waals surface area contributed by atoms with Gasteiger partial charge in [0.05, 0.1) is 11.5 Å². The van der Waals surface area contributed by atoms with Gasteiger partial charge in [0.1, 0.15) is 0 Å². The van der Waals surface area contributed by atoms with Crippen LogP contribution < -0.4 is 0 Å². The maximum atomic E-state index is 11.5. The molecule has 0 aromatic heterocycles. The van der Waals surface area contributed by atoms with Crippen molar-refractivity contribution in [3.63, 3.8) is 0 Å². The summed E-state index contributed by atoms with van der Waals surface area (Å²) in [5, 5.41) is 19.4. The van der Waals surface area contributed by atoms with Crippen molar-refractivity contribution < 1.29 is 15.0 Å². The van der Waals surface area contributed by atoms with Gasteiger partial charge in [-0.3, -0.25) is 4.79 Å². The first-order valence-electron chi connectivity index (χ1n) is 8.27. The number of carboxylic acids is 1. The molecule has 3 saturated carbocycles. The molecule has 0 radical (unpaired) electrons. The Bertz CT molecular complexity index is 407. The average Bonchev–Trinajstić information content (AvgIpc) is 2.39. The van der Waals surface area contributed by atoms with Crippen molar-refractivity contribution in [2.24, 2.45) is 28.6 Å². The molecule has 0 aliphatic heterocycles. The summed E-state index contributed by atoms with van der Waals surface area (Å²) in [5.41, 5.74) is -0.152. The first-order valence-corrected chi connectivity index (χ1v) is 8.27. The van der Waals surface area contributed by atoms with Gasteiger partial charge >= 0.3 is 5.97 Å². The zero-order chi connectivity index (χ0) is 14.5. The fourth-order valence-electron chi connectivity index (χ4n) is 5.65. The van der Waals surface area contributed by atoms with Gasteiger partial charge in [0, 0.05) is 0 Å². The molecule has 0 aromatic carbocycles. The Balaban J connectivity index is 1.80. The Hall–Kier alpha value is -0.570. The molecule has 3 heteroatoms. The Kier molecular flexibility index (Phi) is 3.39. The fourth-order valence-corrected chi connectivity index (χ4v) is 5.65. The first kappa shape index (κ1) is 14.4. The predicted octanol–water partition coefficient (Wildman–Crippen LogP) is 3.45. The third-order valence-electron chi connectivity index (χ3n) is 7.04.